The average molecular weight is 402 g/mol. The predicted molar refractivity (Wildman–Crippen MR) is 104 cm³/mol. The van der Waals surface area contributed by atoms with Gasteiger partial charge in [0, 0.05) is 17.2 Å². The van der Waals surface area contributed by atoms with Crippen molar-refractivity contribution in [3.8, 4) is 17.0 Å². The summed E-state index contributed by atoms with van der Waals surface area (Å²) in [4.78, 5) is 13.2. The molecule has 0 aliphatic rings. The molecular formula is C21H22F2N3O3+. The standard InChI is InChI=1S/C21H21F2N3O3/c1-14-3-7-16(8-4-14)18-11-20(29-25-18)24-19(27)13-26(2)12-15-5-9-17(10-6-15)28-21(22)23/h3-11,21H,12-13H2,1-2H3,(H,24,27)/p+1. The van der Waals surface area contributed by atoms with E-state index in [4.69, 9.17) is 4.52 Å². The number of carbonyl (C=O) groups is 1. The molecule has 0 radical (unpaired) electrons. The number of halogens is 2. The maximum Gasteiger partial charge on any atom is 0.387 e. The van der Waals surface area contributed by atoms with Crippen molar-refractivity contribution in [3.05, 3.63) is 65.7 Å². The summed E-state index contributed by atoms with van der Waals surface area (Å²) in [5.41, 5.74) is 3.60. The fraction of sp³-hybridized carbons (Fsp3) is 0.238. The number of nitrogens with zero attached hydrogens (tertiary/aromatic N) is 1. The molecule has 0 aliphatic carbocycles. The maximum absolute atomic E-state index is 12.3. The number of amides is 1. The van der Waals surface area contributed by atoms with Gasteiger partial charge in [-0.3, -0.25) is 10.1 Å². The van der Waals surface area contributed by atoms with Gasteiger partial charge in [0.1, 0.15) is 18.0 Å². The highest BCUT2D eigenvalue weighted by atomic mass is 19.3. The molecule has 1 heterocycles. The highest BCUT2D eigenvalue weighted by Crippen LogP contribution is 2.21. The van der Waals surface area contributed by atoms with Gasteiger partial charge in [0.25, 0.3) is 5.91 Å². The Morgan fingerprint density at radius 1 is 1.17 bits per heavy atom. The Balaban J connectivity index is 1.50. The van der Waals surface area contributed by atoms with E-state index in [-0.39, 0.29) is 24.1 Å². The van der Waals surface area contributed by atoms with Gasteiger partial charge in [-0.05, 0) is 31.2 Å². The second-order valence-electron chi connectivity index (χ2n) is 6.82. The Hall–Kier alpha value is -3.26. The van der Waals surface area contributed by atoms with Crippen LogP contribution in [0.5, 0.6) is 5.75 Å². The molecule has 0 bridgehead atoms. The Bertz CT molecular complexity index is 941. The summed E-state index contributed by atoms with van der Waals surface area (Å²) in [6.07, 6.45) is 0. The van der Waals surface area contributed by atoms with Crippen molar-refractivity contribution in [2.45, 2.75) is 20.1 Å². The Kier molecular flexibility index (Phi) is 6.56. The zero-order chi connectivity index (χ0) is 20.8. The molecule has 1 aromatic heterocycles. The minimum absolute atomic E-state index is 0.105. The van der Waals surface area contributed by atoms with Crippen LogP contribution < -0.4 is 15.0 Å². The van der Waals surface area contributed by atoms with Crippen LogP contribution >= 0.6 is 0 Å². The minimum atomic E-state index is -2.85. The van der Waals surface area contributed by atoms with Crippen molar-refractivity contribution in [2.24, 2.45) is 0 Å². The smallest absolute Gasteiger partial charge is 0.387 e. The van der Waals surface area contributed by atoms with Crippen LogP contribution in [0.2, 0.25) is 0 Å². The fourth-order valence-corrected chi connectivity index (χ4v) is 2.85. The van der Waals surface area contributed by atoms with E-state index < -0.39 is 6.61 Å². The Labute approximate surface area is 167 Å². The molecule has 0 saturated carbocycles. The number of nitrogens with one attached hydrogen (secondary N) is 2. The van der Waals surface area contributed by atoms with Crippen LogP contribution in [0.1, 0.15) is 11.1 Å². The number of benzene rings is 2. The van der Waals surface area contributed by atoms with E-state index in [0.717, 1.165) is 21.6 Å². The number of rotatable bonds is 8. The average Bonchev–Trinajstić information content (AvgIpc) is 3.11. The number of likely N-dealkylation sites (N-methyl/N-ethyl adjacent to an activating group) is 1. The van der Waals surface area contributed by atoms with Crippen molar-refractivity contribution in [2.75, 3.05) is 18.9 Å². The zero-order valence-corrected chi connectivity index (χ0v) is 16.1. The monoisotopic (exact) mass is 402 g/mol. The lowest BCUT2D eigenvalue weighted by Crippen LogP contribution is -3.08. The molecule has 0 fully saturated rings. The van der Waals surface area contributed by atoms with Gasteiger partial charge in [-0.15, -0.1) is 0 Å². The van der Waals surface area contributed by atoms with E-state index in [1.54, 1.807) is 18.2 Å². The first-order chi connectivity index (χ1) is 13.9. The summed E-state index contributed by atoms with van der Waals surface area (Å²) in [7, 11) is 1.86. The normalized spacial score (nSPS) is 12.0. The first-order valence-electron chi connectivity index (χ1n) is 9.07. The highest BCUT2D eigenvalue weighted by Gasteiger charge is 2.14. The van der Waals surface area contributed by atoms with Crippen molar-refractivity contribution in [3.63, 3.8) is 0 Å². The van der Waals surface area contributed by atoms with Gasteiger partial charge in [0.2, 0.25) is 5.88 Å². The first-order valence-corrected chi connectivity index (χ1v) is 9.07. The van der Waals surface area contributed by atoms with Crippen molar-refractivity contribution in [1.29, 1.82) is 0 Å². The largest absolute Gasteiger partial charge is 0.435 e. The van der Waals surface area contributed by atoms with E-state index >= 15 is 0 Å². The Morgan fingerprint density at radius 2 is 1.86 bits per heavy atom. The summed E-state index contributed by atoms with van der Waals surface area (Å²) >= 11 is 0. The first kappa shape index (κ1) is 20.5. The summed E-state index contributed by atoms with van der Waals surface area (Å²) < 4.78 is 33.9. The van der Waals surface area contributed by atoms with E-state index in [9.17, 15) is 13.6 Å². The molecule has 8 heteroatoms. The van der Waals surface area contributed by atoms with Gasteiger partial charge < -0.3 is 14.2 Å². The Morgan fingerprint density at radius 3 is 2.52 bits per heavy atom. The second-order valence-corrected chi connectivity index (χ2v) is 6.82. The third kappa shape index (κ3) is 6.11. The highest BCUT2D eigenvalue weighted by molar-refractivity contribution is 5.90. The molecule has 152 valence electrons. The van der Waals surface area contributed by atoms with Crippen LogP contribution in [-0.4, -0.2) is 31.3 Å². The lowest BCUT2D eigenvalue weighted by atomic mass is 10.1. The topological polar surface area (TPSA) is 68.8 Å². The van der Waals surface area contributed by atoms with Crippen LogP contribution in [0, 0.1) is 6.92 Å². The molecule has 2 N–H and O–H groups in total. The number of hydrogen-bond donors (Lipinski definition) is 2. The number of quaternary nitrogens is 1. The van der Waals surface area contributed by atoms with Crippen LogP contribution in [-0.2, 0) is 11.3 Å². The molecule has 6 nitrogen and oxygen atoms in total. The van der Waals surface area contributed by atoms with Gasteiger partial charge in [-0.1, -0.05) is 35.0 Å². The third-order valence-electron chi connectivity index (χ3n) is 4.24. The lowest BCUT2D eigenvalue weighted by Gasteiger charge is -2.13. The van der Waals surface area contributed by atoms with Gasteiger partial charge >= 0.3 is 6.61 Å². The van der Waals surface area contributed by atoms with Gasteiger partial charge in [-0.25, -0.2) is 0 Å². The van der Waals surface area contributed by atoms with Crippen molar-refractivity contribution in [1.82, 2.24) is 5.16 Å². The number of alkyl halides is 2. The molecule has 1 unspecified atom stereocenters. The SMILES string of the molecule is Cc1ccc(-c2cc(NC(=O)C[NH+](C)Cc3ccc(OC(F)F)cc3)on2)cc1. The molecule has 3 aromatic rings. The number of aryl methyl sites for hydroxylation is 1. The molecule has 3 rings (SSSR count). The minimum Gasteiger partial charge on any atom is -0.435 e. The van der Waals surface area contributed by atoms with Crippen LogP contribution in [0.3, 0.4) is 0 Å². The molecule has 0 aliphatic heterocycles. The van der Waals surface area contributed by atoms with Crippen molar-refractivity contribution >= 4 is 11.8 Å². The number of hydrogen-bond acceptors (Lipinski definition) is 4. The quantitative estimate of drug-likeness (QED) is 0.608. The molecule has 0 saturated heterocycles. The number of carbonyl (C=O) groups excluding carboxylic acids is 1. The van der Waals surface area contributed by atoms with Crippen LogP contribution in [0.4, 0.5) is 14.7 Å². The summed E-state index contributed by atoms with van der Waals surface area (Å²) in [5.74, 6) is 0.174. The van der Waals surface area contributed by atoms with Gasteiger partial charge in [0.15, 0.2) is 6.54 Å². The molecule has 2 aromatic carbocycles. The van der Waals surface area contributed by atoms with Crippen molar-refractivity contribution < 1.29 is 27.7 Å². The summed E-state index contributed by atoms with van der Waals surface area (Å²) in [5, 5.41) is 6.68. The molecule has 29 heavy (non-hydrogen) atoms. The number of ether oxygens (including phenoxy) is 1. The van der Waals surface area contributed by atoms with E-state index in [1.807, 2.05) is 38.2 Å². The summed E-state index contributed by atoms with van der Waals surface area (Å²) in [6, 6.07) is 15.9. The van der Waals surface area contributed by atoms with E-state index in [1.165, 1.54) is 12.1 Å². The molecule has 1 atom stereocenters. The maximum atomic E-state index is 12.3. The molecule has 1 amide bonds. The fourth-order valence-electron chi connectivity index (χ4n) is 2.85. The van der Waals surface area contributed by atoms with Gasteiger partial charge in [0.05, 0.1) is 7.05 Å². The van der Waals surface area contributed by atoms with E-state index in [2.05, 4.69) is 15.2 Å². The van der Waals surface area contributed by atoms with Gasteiger partial charge in [-0.2, -0.15) is 8.78 Å². The van der Waals surface area contributed by atoms with E-state index in [0.29, 0.717) is 12.2 Å². The third-order valence-corrected chi connectivity index (χ3v) is 4.24. The number of aromatic nitrogens is 1. The summed E-state index contributed by atoms with van der Waals surface area (Å²) in [6.45, 7) is -0.0910. The second kappa shape index (κ2) is 9.29. The lowest BCUT2D eigenvalue weighted by molar-refractivity contribution is -0.885. The number of anilines is 1. The molecule has 0 spiro atoms. The van der Waals surface area contributed by atoms with Crippen LogP contribution in [0.15, 0.2) is 59.1 Å². The predicted octanol–water partition coefficient (Wildman–Crippen LogP) is 2.90. The molecular weight excluding hydrogens is 380 g/mol. The van der Waals surface area contributed by atoms with Crippen LogP contribution in [0.25, 0.3) is 11.3 Å². The zero-order valence-electron chi connectivity index (χ0n) is 16.1.